The summed E-state index contributed by atoms with van der Waals surface area (Å²) >= 11 is 0. The van der Waals surface area contributed by atoms with Crippen molar-refractivity contribution in [3.63, 3.8) is 0 Å². The maximum atomic E-state index is 12.5. The van der Waals surface area contributed by atoms with Gasteiger partial charge in [0, 0.05) is 54.2 Å². The Hall–Kier alpha value is -2.64. The topological polar surface area (TPSA) is 7.76 Å². The Bertz CT molecular complexity index is 1180. The van der Waals surface area contributed by atoms with Gasteiger partial charge in [-0.3, -0.25) is 0 Å². The lowest BCUT2D eigenvalue weighted by atomic mass is 9.81. The second-order valence-corrected chi connectivity index (χ2v) is 9.25. The average molecular weight is 468 g/mol. The molecule has 1 aliphatic carbocycles. The van der Waals surface area contributed by atoms with E-state index in [0.29, 0.717) is 0 Å². The van der Waals surface area contributed by atoms with Crippen LogP contribution in [-0.2, 0) is 18.5 Å². The Labute approximate surface area is 188 Å². The van der Waals surface area contributed by atoms with Gasteiger partial charge in [0.15, 0.2) is 24.8 Å². The summed E-state index contributed by atoms with van der Waals surface area (Å²) in [6.07, 6.45) is -2.43. The fourth-order valence-corrected chi connectivity index (χ4v) is 4.83. The number of nitrogens with zero attached hydrogens (tertiary/aromatic N) is 2. The Balaban J connectivity index is 1.62. The summed E-state index contributed by atoms with van der Waals surface area (Å²) in [6.45, 7) is 4.77. The van der Waals surface area contributed by atoms with Gasteiger partial charge in [0.05, 0.1) is 0 Å². The summed E-state index contributed by atoms with van der Waals surface area (Å²) in [6, 6.07) is 7.92. The van der Waals surface area contributed by atoms with Crippen LogP contribution >= 0.6 is 0 Å². The molecule has 0 aliphatic heterocycles. The number of fused-ring (bicyclic) bond motifs is 5. The summed E-state index contributed by atoms with van der Waals surface area (Å²) in [5, 5.41) is 1.98. The molecular formula is C25H26F6N2+2. The van der Waals surface area contributed by atoms with Gasteiger partial charge < -0.3 is 0 Å². The molecule has 3 aromatic rings. The van der Waals surface area contributed by atoms with Crippen molar-refractivity contribution >= 4 is 10.8 Å². The minimum absolute atomic E-state index is 0.0237. The predicted octanol–water partition coefficient (Wildman–Crippen LogP) is 6.41. The van der Waals surface area contributed by atoms with Crippen molar-refractivity contribution in [3.05, 3.63) is 60.2 Å². The van der Waals surface area contributed by atoms with Crippen LogP contribution in [0.15, 0.2) is 49.1 Å². The van der Waals surface area contributed by atoms with E-state index in [4.69, 9.17) is 0 Å². The normalized spacial score (nSPS) is 15.0. The van der Waals surface area contributed by atoms with Crippen LogP contribution in [0.4, 0.5) is 26.3 Å². The molecule has 0 amide bonds. The van der Waals surface area contributed by atoms with E-state index < -0.39 is 25.2 Å². The van der Waals surface area contributed by atoms with Gasteiger partial charge in [0.25, 0.3) is 0 Å². The van der Waals surface area contributed by atoms with E-state index in [1.54, 1.807) is 4.57 Å². The van der Waals surface area contributed by atoms with Crippen molar-refractivity contribution in [1.29, 1.82) is 0 Å². The summed E-state index contributed by atoms with van der Waals surface area (Å²) in [4.78, 5) is 0. The van der Waals surface area contributed by atoms with Gasteiger partial charge in [-0.15, -0.1) is 0 Å². The summed E-state index contributed by atoms with van der Waals surface area (Å²) < 4.78 is 78.5. The number of halogens is 6. The Kier molecular flexibility index (Phi) is 5.91. The van der Waals surface area contributed by atoms with Crippen molar-refractivity contribution in [2.24, 2.45) is 0 Å². The molecule has 0 atom stereocenters. The molecule has 1 aliphatic rings. The van der Waals surface area contributed by atoms with Gasteiger partial charge in [-0.2, -0.15) is 26.3 Å². The minimum atomic E-state index is -4.16. The highest BCUT2D eigenvalue weighted by atomic mass is 19.4. The van der Waals surface area contributed by atoms with Gasteiger partial charge >= 0.3 is 12.4 Å². The predicted molar refractivity (Wildman–Crippen MR) is 112 cm³/mol. The zero-order valence-corrected chi connectivity index (χ0v) is 18.5. The fraction of sp³-hybridized carbons (Fsp3) is 0.440. The molecule has 0 unspecified atom stereocenters. The molecule has 1 aromatic carbocycles. The van der Waals surface area contributed by atoms with E-state index in [9.17, 15) is 26.3 Å². The maximum Gasteiger partial charge on any atom is 0.389 e. The van der Waals surface area contributed by atoms with Crippen molar-refractivity contribution in [1.82, 2.24) is 0 Å². The monoisotopic (exact) mass is 468 g/mol. The maximum absolute atomic E-state index is 12.5. The molecule has 0 radical (unpaired) electrons. The minimum Gasteiger partial charge on any atom is -0.205 e. The molecule has 4 rings (SSSR count). The first-order valence-corrected chi connectivity index (χ1v) is 11.0. The number of rotatable bonds is 6. The van der Waals surface area contributed by atoms with Crippen molar-refractivity contribution in [3.8, 4) is 11.1 Å². The molecule has 0 fully saturated rings. The average Bonchev–Trinajstić information content (AvgIpc) is 2.93. The number of pyridine rings is 2. The standard InChI is InChI=1S/C25H26F6N2/c1-23(2)21-16-33(12-4-10-25(29,30)31)14-8-19(21)20-6-5-17-15-32(11-3-9-24(26,27)28)13-7-18(17)22(20)23/h5-8,13-16H,3-4,9-12H2,1-2H3/q+2. The summed E-state index contributed by atoms with van der Waals surface area (Å²) in [5.74, 6) is 0. The van der Waals surface area contributed by atoms with E-state index in [0.717, 1.165) is 33.0 Å². The molecule has 0 saturated heterocycles. The highest BCUT2D eigenvalue weighted by molar-refractivity contribution is 5.96. The van der Waals surface area contributed by atoms with Crippen molar-refractivity contribution in [2.45, 2.75) is 70.4 Å². The Morgan fingerprint density at radius 3 is 1.91 bits per heavy atom. The van der Waals surface area contributed by atoms with Crippen LogP contribution in [0.25, 0.3) is 21.9 Å². The van der Waals surface area contributed by atoms with Crippen LogP contribution in [0.2, 0.25) is 0 Å². The molecule has 0 N–H and O–H groups in total. The van der Waals surface area contributed by atoms with Gasteiger partial charge in [0.1, 0.15) is 13.1 Å². The van der Waals surface area contributed by atoms with Crippen molar-refractivity contribution in [2.75, 3.05) is 0 Å². The molecule has 0 spiro atoms. The van der Waals surface area contributed by atoms with Gasteiger partial charge in [-0.1, -0.05) is 19.9 Å². The largest absolute Gasteiger partial charge is 0.389 e. The molecule has 2 aromatic heterocycles. The zero-order chi connectivity index (χ0) is 24.0. The van der Waals surface area contributed by atoms with Crippen LogP contribution in [0.3, 0.4) is 0 Å². The van der Waals surface area contributed by atoms with E-state index in [2.05, 4.69) is 13.8 Å². The molecule has 0 bridgehead atoms. The molecule has 8 heteroatoms. The quantitative estimate of drug-likeness (QED) is 0.292. The Morgan fingerprint density at radius 2 is 1.30 bits per heavy atom. The summed E-state index contributed by atoms with van der Waals surface area (Å²) in [5.41, 5.74) is 3.97. The van der Waals surface area contributed by atoms with E-state index in [-0.39, 0.29) is 31.3 Å². The lowest BCUT2D eigenvalue weighted by Gasteiger charge is -2.21. The molecule has 2 nitrogen and oxygen atoms in total. The number of benzene rings is 1. The second kappa shape index (κ2) is 8.29. The van der Waals surface area contributed by atoms with Gasteiger partial charge in [-0.05, 0) is 28.1 Å². The third-order valence-electron chi connectivity index (χ3n) is 6.38. The summed E-state index contributed by atoms with van der Waals surface area (Å²) in [7, 11) is 0. The number of hydrogen-bond donors (Lipinski definition) is 0. The fourth-order valence-electron chi connectivity index (χ4n) is 4.83. The third kappa shape index (κ3) is 4.99. The lowest BCUT2D eigenvalue weighted by molar-refractivity contribution is -0.698. The van der Waals surface area contributed by atoms with Gasteiger partial charge in [-0.25, -0.2) is 9.13 Å². The van der Waals surface area contributed by atoms with Crippen LogP contribution < -0.4 is 9.13 Å². The lowest BCUT2D eigenvalue weighted by Crippen LogP contribution is -2.35. The number of hydrogen-bond acceptors (Lipinski definition) is 0. The Morgan fingerprint density at radius 1 is 0.727 bits per heavy atom. The van der Waals surface area contributed by atoms with E-state index >= 15 is 0 Å². The van der Waals surface area contributed by atoms with Crippen LogP contribution in [0, 0.1) is 0 Å². The smallest absolute Gasteiger partial charge is 0.205 e. The highest BCUT2D eigenvalue weighted by Gasteiger charge is 2.39. The van der Waals surface area contributed by atoms with Crippen LogP contribution in [0.1, 0.15) is 50.7 Å². The molecule has 0 saturated carbocycles. The van der Waals surface area contributed by atoms with E-state index in [1.807, 2.05) is 53.6 Å². The third-order valence-corrected chi connectivity index (χ3v) is 6.38. The molecule has 33 heavy (non-hydrogen) atoms. The number of aryl methyl sites for hydroxylation is 2. The van der Waals surface area contributed by atoms with Crippen molar-refractivity contribution < 1.29 is 35.5 Å². The van der Waals surface area contributed by atoms with Crippen LogP contribution in [-0.4, -0.2) is 12.4 Å². The van der Waals surface area contributed by atoms with Crippen LogP contribution in [0.5, 0.6) is 0 Å². The second-order valence-electron chi connectivity index (χ2n) is 9.25. The first kappa shape index (κ1) is 23.5. The molecule has 176 valence electrons. The number of aromatic nitrogens is 2. The van der Waals surface area contributed by atoms with Gasteiger partial charge in [0.2, 0.25) is 0 Å². The molecular weight excluding hydrogens is 442 g/mol. The number of alkyl halides is 6. The first-order chi connectivity index (χ1) is 15.4. The molecule has 2 heterocycles. The zero-order valence-electron chi connectivity index (χ0n) is 18.5. The first-order valence-electron chi connectivity index (χ1n) is 11.0. The SMILES string of the molecule is CC1(C)c2c[n+](CCCC(F)(F)F)ccc2-c2ccc3c[n+](CCCC(F)(F)F)ccc3c21. The highest BCUT2D eigenvalue weighted by Crippen LogP contribution is 2.50. The van der Waals surface area contributed by atoms with E-state index in [1.165, 1.54) is 0 Å².